The summed E-state index contributed by atoms with van der Waals surface area (Å²) in [5.41, 5.74) is 9.29. The Morgan fingerprint density at radius 3 is 2.62 bits per heavy atom. The third-order valence-electron chi connectivity index (χ3n) is 3.45. The fraction of sp³-hybridized carbons (Fsp3) is 0.235. The monoisotopic (exact) mass is 284 g/mol. The molecule has 0 aliphatic rings. The van der Waals surface area contributed by atoms with Crippen LogP contribution in [0.2, 0.25) is 0 Å². The molecular weight excluding hydrogens is 264 g/mol. The highest BCUT2D eigenvalue weighted by Gasteiger charge is 2.15. The van der Waals surface area contributed by atoms with Gasteiger partial charge in [-0.15, -0.1) is 0 Å². The van der Waals surface area contributed by atoms with Gasteiger partial charge in [0.2, 0.25) is 0 Å². The minimum atomic E-state index is -0.320. The van der Waals surface area contributed by atoms with Gasteiger partial charge in [0, 0.05) is 11.4 Å². The number of para-hydroxylation sites is 1. The number of aryl methyl sites for hydroxylation is 1. The molecule has 0 heterocycles. The number of aromatic hydroxyl groups is 1. The number of phenolic OH excluding ortho intramolecular Hbond substituents is 1. The second-order valence-electron chi connectivity index (χ2n) is 5.42. The van der Waals surface area contributed by atoms with E-state index >= 15 is 0 Å². The van der Waals surface area contributed by atoms with Crippen molar-refractivity contribution in [3.63, 3.8) is 0 Å². The number of hydrogen-bond donors (Lipinski definition) is 3. The highest BCUT2D eigenvalue weighted by Crippen LogP contribution is 2.28. The number of carbonyl (C=O) groups excluding carboxylic acids is 1. The molecule has 0 fully saturated rings. The molecule has 21 heavy (non-hydrogen) atoms. The standard InChI is InChI=1S/C17H20N2O2/c1-10(2)13-6-4-5-11(3)16(13)19-17(21)14-9-12(20)7-8-15(14)18/h4-10,20H,18H2,1-3H3,(H,19,21). The number of nitrogens with one attached hydrogen (secondary N) is 1. The van der Waals surface area contributed by atoms with Crippen molar-refractivity contribution in [1.29, 1.82) is 0 Å². The van der Waals surface area contributed by atoms with E-state index in [2.05, 4.69) is 19.2 Å². The first-order valence-corrected chi connectivity index (χ1v) is 6.89. The number of benzene rings is 2. The van der Waals surface area contributed by atoms with Crippen molar-refractivity contribution in [2.75, 3.05) is 11.1 Å². The lowest BCUT2D eigenvalue weighted by Gasteiger charge is -2.17. The quantitative estimate of drug-likeness (QED) is 0.594. The second kappa shape index (κ2) is 5.87. The smallest absolute Gasteiger partial charge is 0.257 e. The van der Waals surface area contributed by atoms with Crippen LogP contribution in [-0.2, 0) is 0 Å². The fourth-order valence-corrected chi connectivity index (χ4v) is 2.26. The normalized spacial score (nSPS) is 10.7. The summed E-state index contributed by atoms with van der Waals surface area (Å²) in [5, 5.41) is 12.4. The van der Waals surface area contributed by atoms with Crippen LogP contribution in [0.25, 0.3) is 0 Å². The van der Waals surface area contributed by atoms with Crippen LogP contribution >= 0.6 is 0 Å². The summed E-state index contributed by atoms with van der Waals surface area (Å²) in [6.45, 7) is 6.10. The molecule has 4 nitrogen and oxygen atoms in total. The molecule has 2 aromatic carbocycles. The summed E-state index contributed by atoms with van der Waals surface area (Å²) >= 11 is 0. The Bertz CT molecular complexity index is 678. The van der Waals surface area contributed by atoms with Crippen LogP contribution in [-0.4, -0.2) is 11.0 Å². The molecule has 1 amide bonds. The number of hydrogen-bond acceptors (Lipinski definition) is 3. The Morgan fingerprint density at radius 2 is 1.95 bits per heavy atom. The number of nitrogen functional groups attached to an aromatic ring is 1. The van der Waals surface area contributed by atoms with E-state index in [0.29, 0.717) is 11.6 Å². The van der Waals surface area contributed by atoms with Gasteiger partial charge in [0.15, 0.2) is 0 Å². The predicted molar refractivity (Wildman–Crippen MR) is 85.7 cm³/mol. The number of carbonyl (C=O) groups is 1. The van der Waals surface area contributed by atoms with E-state index in [4.69, 9.17) is 5.73 Å². The number of nitrogens with two attached hydrogens (primary N) is 1. The fourth-order valence-electron chi connectivity index (χ4n) is 2.26. The lowest BCUT2D eigenvalue weighted by Crippen LogP contribution is -2.16. The molecule has 0 unspecified atom stereocenters. The topological polar surface area (TPSA) is 75.3 Å². The highest BCUT2D eigenvalue weighted by molar-refractivity contribution is 6.08. The van der Waals surface area contributed by atoms with Gasteiger partial charge in [-0.2, -0.15) is 0 Å². The third-order valence-corrected chi connectivity index (χ3v) is 3.45. The van der Waals surface area contributed by atoms with E-state index < -0.39 is 0 Å². The zero-order valence-electron chi connectivity index (χ0n) is 12.5. The van der Waals surface area contributed by atoms with E-state index in [1.54, 1.807) is 0 Å². The van der Waals surface area contributed by atoms with Crippen LogP contribution in [0.3, 0.4) is 0 Å². The maximum atomic E-state index is 12.4. The van der Waals surface area contributed by atoms with E-state index in [-0.39, 0.29) is 17.2 Å². The van der Waals surface area contributed by atoms with E-state index in [1.165, 1.54) is 18.2 Å². The van der Waals surface area contributed by atoms with Gasteiger partial charge >= 0.3 is 0 Å². The molecule has 0 radical (unpaired) electrons. The van der Waals surface area contributed by atoms with Crippen molar-refractivity contribution in [2.45, 2.75) is 26.7 Å². The molecule has 0 saturated heterocycles. The SMILES string of the molecule is Cc1cccc(C(C)C)c1NC(=O)c1cc(O)ccc1N. The maximum Gasteiger partial charge on any atom is 0.257 e. The summed E-state index contributed by atoms with van der Waals surface area (Å²) in [4.78, 5) is 12.4. The van der Waals surface area contributed by atoms with Gasteiger partial charge in [0.25, 0.3) is 5.91 Å². The Morgan fingerprint density at radius 1 is 1.24 bits per heavy atom. The van der Waals surface area contributed by atoms with Crippen LogP contribution in [0.1, 0.15) is 41.3 Å². The molecule has 0 bridgehead atoms. The largest absolute Gasteiger partial charge is 0.508 e. The third kappa shape index (κ3) is 3.16. The zero-order valence-corrected chi connectivity index (χ0v) is 12.5. The molecule has 0 spiro atoms. The van der Waals surface area contributed by atoms with E-state index in [0.717, 1.165) is 16.8 Å². The van der Waals surface area contributed by atoms with Gasteiger partial charge in [-0.3, -0.25) is 4.79 Å². The molecule has 0 aliphatic heterocycles. The molecule has 110 valence electrons. The van der Waals surface area contributed by atoms with E-state index in [1.807, 2.05) is 25.1 Å². The summed E-state index contributed by atoms with van der Waals surface area (Å²) in [7, 11) is 0. The number of anilines is 2. The summed E-state index contributed by atoms with van der Waals surface area (Å²) < 4.78 is 0. The van der Waals surface area contributed by atoms with Crippen LogP contribution in [0.4, 0.5) is 11.4 Å². The molecule has 0 atom stereocenters. The molecule has 0 aliphatic carbocycles. The average Bonchev–Trinajstić information content (AvgIpc) is 2.43. The summed E-state index contributed by atoms with van der Waals surface area (Å²) in [6, 6.07) is 10.3. The molecule has 4 N–H and O–H groups in total. The van der Waals surface area contributed by atoms with Gasteiger partial charge in [0.1, 0.15) is 5.75 Å². The van der Waals surface area contributed by atoms with Crippen molar-refractivity contribution in [3.05, 3.63) is 53.1 Å². The predicted octanol–water partition coefficient (Wildman–Crippen LogP) is 3.66. The number of amides is 1. The van der Waals surface area contributed by atoms with Crippen molar-refractivity contribution < 1.29 is 9.90 Å². The number of rotatable bonds is 3. The molecule has 4 heteroatoms. The van der Waals surface area contributed by atoms with E-state index in [9.17, 15) is 9.90 Å². The molecule has 0 aromatic heterocycles. The van der Waals surface area contributed by atoms with Crippen molar-refractivity contribution in [2.24, 2.45) is 0 Å². The van der Waals surface area contributed by atoms with Crippen LogP contribution < -0.4 is 11.1 Å². The average molecular weight is 284 g/mol. The second-order valence-corrected chi connectivity index (χ2v) is 5.42. The van der Waals surface area contributed by atoms with Crippen molar-refractivity contribution in [3.8, 4) is 5.75 Å². The Balaban J connectivity index is 2.38. The first-order valence-electron chi connectivity index (χ1n) is 6.89. The minimum absolute atomic E-state index is 0.0169. The first-order chi connectivity index (χ1) is 9.90. The summed E-state index contributed by atoms with van der Waals surface area (Å²) in [6.07, 6.45) is 0. The van der Waals surface area contributed by atoms with Gasteiger partial charge in [-0.1, -0.05) is 32.0 Å². The van der Waals surface area contributed by atoms with Crippen molar-refractivity contribution >= 4 is 17.3 Å². The van der Waals surface area contributed by atoms with Crippen LogP contribution in [0.5, 0.6) is 5.75 Å². The van der Waals surface area contributed by atoms with Crippen LogP contribution in [0, 0.1) is 6.92 Å². The zero-order chi connectivity index (χ0) is 15.6. The Kier molecular flexibility index (Phi) is 4.17. The van der Waals surface area contributed by atoms with Gasteiger partial charge < -0.3 is 16.2 Å². The van der Waals surface area contributed by atoms with Crippen LogP contribution in [0.15, 0.2) is 36.4 Å². The Labute approximate surface area is 124 Å². The van der Waals surface area contributed by atoms with Gasteiger partial charge in [-0.05, 0) is 42.2 Å². The lowest BCUT2D eigenvalue weighted by atomic mass is 9.98. The lowest BCUT2D eigenvalue weighted by molar-refractivity contribution is 0.102. The first kappa shape index (κ1) is 14.9. The van der Waals surface area contributed by atoms with Crippen molar-refractivity contribution in [1.82, 2.24) is 0 Å². The van der Waals surface area contributed by atoms with Gasteiger partial charge in [-0.25, -0.2) is 0 Å². The Hall–Kier alpha value is -2.49. The van der Waals surface area contributed by atoms with Gasteiger partial charge in [0.05, 0.1) is 5.56 Å². The number of phenols is 1. The molecular formula is C17H20N2O2. The maximum absolute atomic E-state index is 12.4. The summed E-state index contributed by atoms with van der Waals surface area (Å²) in [5.74, 6) is -0.00969. The molecule has 2 aromatic rings. The molecule has 2 rings (SSSR count). The minimum Gasteiger partial charge on any atom is -0.508 e. The highest BCUT2D eigenvalue weighted by atomic mass is 16.3. The molecule has 0 saturated carbocycles.